The SMILES string of the molecule is C=C/C(=C\C=C\CN)c1ncnc2c1CCN2c1cccnc1. The standard InChI is InChI=1S/C18H19N5/c1-2-14(6-3-4-9-19)17-16-8-11-23(18(16)22-13-21-17)15-7-5-10-20-12-15/h2-7,10,12-13H,1,8-9,11,19H2/b4-3+,14-6+. The first-order valence-corrected chi connectivity index (χ1v) is 7.56. The van der Waals surface area contributed by atoms with E-state index in [1.54, 1.807) is 12.5 Å². The number of hydrogen-bond donors (Lipinski definition) is 1. The van der Waals surface area contributed by atoms with Crippen LogP contribution in [0, 0.1) is 0 Å². The van der Waals surface area contributed by atoms with E-state index in [0.29, 0.717) is 6.54 Å². The average Bonchev–Trinajstić information content (AvgIpc) is 3.04. The number of nitrogens with two attached hydrogens (primary N) is 1. The van der Waals surface area contributed by atoms with Crippen LogP contribution in [0.2, 0.25) is 0 Å². The van der Waals surface area contributed by atoms with Crippen LogP contribution in [0.15, 0.2) is 61.7 Å². The van der Waals surface area contributed by atoms with Gasteiger partial charge in [0.25, 0.3) is 0 Å². The van der Waals surface area contributed by atoms with Gasteiger partial charge in [0.05, 0.1) is 17.6 Å². The Kier molecular flexibility index (Phi) is 4.59. The highest BCUT2D eigenvalue weighted by atomic mass is 15.2. The summed E-state index contributed by atoms with van der Waals surface area (Å²) < 4.78 is 0. The topological polar surface area (TPSA) is 67.9 Å². The minimum Gasteiger partial charge on any atom is -0.327 e. The summed E-state index contributed by atoms with van der Waals surface area (Å²) in [6.07, 6.45) is 13.7. The van der Waals surface area contributed by atoms with E-state index in [-0.39, 0.29) is 0 Å². The van der Waals surface area contributed by atoms with Crippen LogP contribution in [-0.2, 0) is 6.42 Å². The zero-order valence-corrected chi connectivity index (χ0v) is 12.9. The molecule has 0 saturated heterocycles. The van der Waals surface area contributed by atoms with Crippen molar-refractivity contribution < 1.29 is 0 Å². The molecular formula is C18H19N5. The van der Waals surface area contributed by atoms with Gasteiger partial charge in [-0.3, -0.25) is 4.98 Å². The van der Waals surface area contributed by atoms with Crippen molar-refractivity contribution in [3.05, 3.63) is 73.0 Å². The van der Waals surface area contributed by atoms with E-state index < -0.39 is 0 Å². The van der Waals surface area contributed by atoms with Crippen LogP contribution < -0.4 is 10.6 Å². The lowest BCUT2D eigenvalue weighted by Crippen LogP contribution is -2.14. The first kappa shape index (κ1) is 15.1. The summed E-state index contributed by atoms with van der Waals surface area (Å²) in [5, 5.41) is 0. The Bertz CT molecular complexity index is 749. The molecular weight excluding hydrogens is 286 g/mol. The summed E-state index contributed by atoms with van der Waals surface area (Å²) in [6.45, 7) is 5.28. The minimum absolute atomic E-state index is 0.511. The molecule has 3 heterocycles. The largest absolute Gasteiger partial charge is 0.327 e. The maximum atomic E-state index is 5.49. The van der Waals surface area contributed by atoms with Gasteiger partial charge in [-0.15, -0.1) is 0 Å². The summed E-state index contributed by atoms with van der Waals surface area (Å²) in [6, 6.07) is 3.97. The number of pyridine rings is 1. The van der Waals surface area contributed by atoms with Crippen molar-refractivity contribution in [3.8, 4) is 0 Å². The molecule has 0 amide bonds. The molecule has 116 valence electrons. The van der Waals surface area contributed by atoms with Crippen molar-refractivity contribution in [1.82, 2.24) is 15.0 Å². The lowest BCUT2D eigenvalue weighted by Gasteiger charge is -2.17. The van der Waals surface area contributed by atoms with Gasteiger partial charge < -0.3 is 10.6 Å². The van der Waals surface area contributed by atoms with Gasteiger partial charge in [-0.25, -0.2) is 9.97 Å². The van der Waals surface area contributed by atoms with Crippen LogP contribution in [0.25, 0.3) is 5.57 Å². The summed E-state index contributed by atoms with van der Waals surface area (Å²) in [5.74, 6) is 0.943. The smallest absolute Gasteiger partial charge is 0.140 e. The van der Waals surface area contributed by atoms with Crippen LogP contribution in [0.1, 0.15) is 11.3 Å². The second-order valence-electron chi connectivity index (χ2n) is 5.13. The van der Waals surface area contributed by atoms with Crippen molar-refractivity contribution in [2.75, 3.05) is 18.0 Å². The highest BCUT2D eigenvalue weighted by molar-refractivity contribution is 5.79. The molecule has 0 spiro atoms. The lowest BCUT2D eigenvalue weighted by molar-refractivity contribution is 0.984. The maximum absolute atomic E-state index is 5.49. The first-order valence-electron chi connectivity index (χ1n) is 7.56. The highest BCUT2D eigenvalue weighted by Gasteiger charge is 2.25. The summed E-state index contributed by atoms with van der Waals surface area (Å²) in [4.78, 5) is 15.3. The third-order valence-electron chi connectivity index (χ3n) is 3.76. The minimum atomic E-state index is 0.511. The second-order valence-corrected chi connectivity index (χ2v) is 5.13. The average molecular weight is 305 g/mol. The van der Waals surface area contributed by atoms with Gasteiger partial charge in [0.15, 0.2) is 0 Å². The molecule has 5 nitrogen and oxygen atoms in total. The molecule has 0 atom stereocenters. The summed E-state index contributed by atoms with van der Waals surface area (Å²) in [5.41, 5.74) is 9.58. The van der Waals surface area contributed by atoms with Gasteiger partial charge in [0.1, 0.15) is 12.1 Å². The Morgan fingerprint density at radius 1 is 1.39 bits per heavy atom. The fourth-order valence-corrected chi connectivity index (χ4v) is 2.70. The third kappa shape index (κ3) is 3.05. The normalized spacial score (nSPS) is 14.3. The Hall–Kier alpha value is -2.79. The van der Waals surface area contributed by atoms with Crippen molar-refractivity contribution in [3.63, 3.8) is 0 Å². The molecule has 0 radical (unpaired) electrons. The molecule has 0 bridgehead atoms. The van der Waals surface area contributed by atoms with Gasteiger partial charge >= 0.3 is 0 Å². The molecule has 0 aliphatic carbocycles. The fourth-order valence-electron chi connectivity index (χ4n) is 2.70. The Labute approximate surface area is 135 Å². The molecule has 1 aliphatic rings. The quantitative estimate of drug-likeness (QED) is 0.860. The molecule has 0 aromatic carbocycles. The van der Waals surface area contributed by atoms with Crippen LogP contribution >= 0.6 is 0 Å². The predicted molar refractivity (Wildman–Crippen MR) is 93.3 cm³/mol. The van der Waals surface area contributed by atoms with Gasteiger partial charge in [-0.05, 0) is 24.1 Å². The van der Waals surface area contributed by atoms with E-state index in [0.717, 1.165) is 41.3 Å². The molecule has 2 aromatic heterocycles. The van der Waals surface area contributed by atoms with Gasteiger partial charge in [-0.2, -0.15) is 0 Å². The van der Waals surface area contributed by atoms with Crippen molar-refractivity contribution >= 4 is 17.1 Å². The molecule has 23 heavy (non-hydrogen) atoms. The molecule has 3 rings (SSSR count). The number of anilines is 2. The second kappa shape index (κ2) is 6.98. The van der Waals surface area contributed by atoms with E-state index in [1.165, 1.54) is 0 Å². The van der Waals surface area contributed by atoms with Gasteiger partial charge in [0, 0.05) is 24.8 Å². The van der Waals surface area contributed by atoms with Crippen LogP contribution in [0.4, 0.5) is 11.5 Å². The van der Waals surface area contributed by atoms with Crippen LogP contribution in [0.5, 0.6) is 0 Å². The van der Waals surface area contributed by atoms with E-state index >= 15 is 0 Å². The van der Waals surface area contributed by atoms with E-state index in [2.05, 4.69) is 26.4 Å². The van der Waals surface area contributed by atoms with E-state index in [9.17, 15) is 0 Å². The Morgan fingerprint density at radius 3 is 3.04 bits per heavy atom. The van der Waals surface area contributed by atoms with Crippen LogP contribution in [0.3, 0.4) is 0 Å². The van der Waals surface area contributed by atoms with Gasteiger partial charge in [-0.1, -0.05) is 30.9 Å². The molecule has 0 saturated carbocycles. The summed E-state index contributed by atoms with van der Waals surface area (Å²) in [7, 11) is 0. The molecule has 1 aliphatic heterocycles. The first-order chi connectivity index (χ1) is 11.3. The predicted octanol–water partition coefficient (Wildman–Crippen LogP) is 2.65. The Morgan fingerprint density at radius 2 is 2.30 bits per heavy atom. The number of fused-ring (bicyclic) bond motifs is 1. The maximum Gasteiger partial charge on any atom is 0.140 e. The monoisotopic (exact) mass is 305 g/mol. The van der Waals surface area contributed by atoms with Crippen molar-refractivity contribution in [1.29, 1.82) is 0 Å². The number of hydrogen-bond acceptors (Lipinski definition) is 5. The van der Waals surface area contributed by atoms with Crippen molar-refractivity contribution in [2.45, 2.75) is 6.42 Å². The van der Waals surface area contributed by atoms with Crippen LogP contribution in [-0.4, -0.2) is 28.0 Å². The zero-order chi connectivity index (χ0) is 16.1. The molecule has 5 heteroatoms. The lowest BCUT2D eigenvalue weighted by atomic mass is 10.1. The highest BCUT2D eigenvalue weighted by Crippen LogP contribution is 2.35. The fraction of sp³-hybridized carbons (Fsp3) is 0.167. The molecule has 0 unspecified atom stereocenters. The summed E-state index contributed by atoms with van der Waals surface area (Å²) >= 11 is 0. The molecule has 2 aromatic rings. The number of nitrogens with zero attached hydrogens (tertiary/aromatic N) is 4. The number of rotatable bonds is 5. The number of aromatic nitrogens is 3. The zero-order valence-electron chi connectivity index (χ0n) is 12.9. The molecule has 2 N–H and O–H groups in total. The Balaban J connectivity index is 2.01. The third-order valence-corrected chi connectivity index (χ3v) is 3.76. The van der Waals surface area contributed by atoms with Crippen molar-refractivity contribution in [2.24, 2.45) is 5.73 Å². The van der Waals surface area contributed by atoms with E-state index in [4.69, 9.17) is 5.73 Å². The van der Waals surface area contributed by atoms with Gasteiger partial charge in [0.2, 0.25) is 0 Å². The molecule has 0 fully saturated rings. The van der Waals surface area contributed by atoms with E-state index in [1.807, 2.05) is 42.6 Å². The number of allylic oxidation sites excluding steroid dienone is 4.